The molecular formula is C12H18N4O. The highest BCUT2D eigenvalue weighted by atomic mass is 16.2. The maximum absolute atomic E-state index is 11.5. The standard InChI is InChI=1S/C12H18N4O/c1-9-5-10(7-13)6-11(15-9)16-4-2-3-14-12(17)8-16/h5-6H,2-4,7-8,13H2,1H3,(H,14,17). The van der Waals surface area contributed by atoms with Crippen LogP contribution in [0, 0.1) is 6.92 Å². The van der Waals surface area contributed by atoms with Gasteiger partial charge in [-0.15, -0.1) is 0 Å². The molecule has 5 heteroatoms. The molecule has 0 atom stereocenters. The number of pyridine rings is 1. The second kappa shape index (κ2) is 5.14. The van der Waals surface area contributed by atoms with Crippen molar-refractivity contribution in [2.75, 3.05) is 24.5 Å². The highest BCUT2D eigenvalue weighted by Gasteiger charge is 2.16. The summed E-state index contributed by atoms with van der Waals surface area (Å²) in [6.45, 7) is 4.40. The molecule has 1 aromatic heterocycles. The number of hydrogen-bond donors (Lipinski definition) is 2. The fraction of sp³-hybridized carbons (Fsp3) is 0.500. The maximum Gasteiger partial charge on any atom is 0.239 e. The number of anilines is 1. The maximum atomic E-state index is 11.5. The summed E-state index contributed by atoms with van der Waals surface area (Å²) >= 11 is 0. The number of aryl methyl sites for hydroxylation is 1. The fourth-order valence-corrected chi connectivity index (χ4v) is 2.00. The lowest BCUT2D eigenvalue weighted by molar-refractivity contribution is -0.119. The number of amides is 1. The molecule has 1 saturated heterocycles. The molecule has 0 spiro atoms. The zero-order valence-electron chi connectivity index (χ0n) is 10.1. The Kier molecular flexibility index (Phi) is 3.58. The van der Waals surface area contributed by atoms with Gasteiger partial charge in [0.2, 0.25) is 5.91 Å². The minimum atomic E-state index is 0.0557. The van der Waals surface area contributed by atoms with Crippen LogP contribution in [0.4, 0.5) is 5.82 Å². The van der Waals surface area contributed by atoms with Crippen molar-refractivity contribution in [1.29, 1.82) is 0 Å². The van der Waals surface area contributed by atoms with Crippen LogP contribution in [0.1, 0.15) is 17.7 Å². The predicted octanol–water partition coefficient (Wildman–Crippen LogP) is 0.175. The quantitative estimate of drug-likeness (QED) is 0.765. The third-order valence-corrected chi connectivity index (χ3v) is 2.82. The Bertz CT molecular complexity index is 419. The smallest absolute Gasteiger partial charge is 0.239 e. The molecule has 0 unspecified atom stereocenters. The second-order valence-electron chi connectivity index (χ2n) is 4.30. The van der Waals surface area contributed by atoms with E-state index in [9.17, 15) is 4.79 Å². The molecule has 1 fully saturated rings. The monoisotopic (exact) mass is 234 g/mol. The van der Waals surface area contributed by atoms with Crippen molar-refractivity contribution in [3.63, 3.8) is 0 Å². The van der Waals surface area contributed by atoms with Crippen molar-refractivity contribution < 1.29 is 4.79 Å². The summed E-state index contributed by atoms with van der Waals surface area (Å²) in [5.41, 5.74) is 7.64. The van der Waals surface area contributed by atoms with Crippen molar-refractivity contribution in [2.24, 2.45) is 5.73 Å². The van der Waals surface area contributed by atoms with Gasteiger partial charge in [0, 0.05) is 25.3 Å². The number of nitrogens with two attached hydrogens (primary N) is 1. The van der Waals surface area contributed by atoms with Crippen LogP contribution in [-0.2, 0) is 11.3 Å². The molecule has 2 rings (SSSR count). The van der Waals surface area contributed by atoms with Crippen LogP contribution in [0.15, 0.2) is 12.1 Å². The number of rotatable bonds is 2. The molecule has 3 N–H and O–H groups in total. The van der Waals surface area contributed by atoms with Crippen LogP contribution in [-0.4, -0.2) is 30.5 Å². The molecule has 0 saturated carbocycles. The third kappa shape index (κ3) is 2.94. The van der Waals surface area contributed by atoms with Gasteiger partial charge in [0.05, 0.1) is 6.54 Å². The van der Waals surface area contributed by atoms with E-state index in [0.717, 1.165) is 36.6 Å². The van der Waals surface area contributed by atoms with Crippen molar-refractivity contribution in [3.05, 3.63) is 23.4 Å². The van der Waals surface area contributed by atoms with Crippen molar-refractivity contribution in [1.82, 2.24) is 10.3 Å². The van der Waals surface area contributed by atoms with Gasteiger partial charge in [0.15, 0.2) is 0 Å². The van der Waals surface area contributed by atoms with Gasteiger partial charge in [0.1, 0.15) is 5.82 Å². The summed E-state index contributed by atoms with van der Waals surface area (Å²) in [6, 6.07) is 3.94. The van der Waals surface area contributed by atoms with Crippen LogP contribution in [0.3, 0.4) is 0 Å². The first-order valence-electron chi connectivity index (χ1n) is 5.88. The summed E-state index contributed by atoms with van der Waals surface area (Å²) in [5.74, 6) is 0.905. The largest absolute Gasteiger partial charge is 0.354 e. The Morgan fingerprint density at radius 2 is 2.35 bits per heavy atom. The van der Waals surface area contributed by atoms with E-state index in [1.165, 1.54) is 0 Å². The van der Waals surface area contributed by atoms with Gasteiger partial charge in [-0.3, -0.25) is 4.79 Å². The highest BCUT2D eigenvalue weighted by Crippen LogP contribution is 2.15. The van der Waals surface area contributed by atoms with Crippen molar-refractivity contribution >= 4 is 11.7 Å². The van der Waals surface area contributed by atoms with Gasteiger partial charge in [-0.05, 0) is 31.0 Å². The van der Waals surface area contributed by atoms with E-state index in [4.69, 9.17) is 5.73 Å². The van der Waals surface area contributed by atoms with Crippen molar-refractivity contribution in [2.45, 2.75) is 19.9 Å². The molecule has 0 radical (unpaired) electrons. The number of hydrogen-bond acceptors (Lipinski definition) is 4. The number of carbonyl (C=O) groups is 1. The molecular weight excluding hydrogens is 216 g/mol. The normalized spacial score (nSPS) is 16.6. The molecule has 17 heavy (non-hydrogen) atoms. The van der Waals surface area contributed by atoms with Crippen LogP contribution >= 0.6 is 0 Å². The van der Waals surface area contributed by atoms with Crippen LogP contribution in [0.2, 0.25) is 0 Å². The molecule has 0 bridgehead atoms. The molecule has 0 aliphatic carbocycles. The summed E-state index contributed by atoms with van der Waals surface area (Å²) in [6.07, 6.45) is 0.944. The van der Waals surface area contributed by atoms with E-state index in [2.05, 4.69) is 10.3 Å². The SMILES string of the molecule is Cc1cc(CN)cc(N2CCCNC(=O)C2)n1. The Morgan fingerprint density at radius 1 is 1.53 bits per heavy atom. The first kappa shape index (κ1) is 11.9. The number of aromatic nitrogens is 1. The molecule has 1 aromatic rings. The molecule has 1 aliphatic rings. The first-order valence-corrected chi connectivity index (χ1v) is 5.88. The Morgan fingerprint density at radius 3 is 3.12 bits per heavy atom. The van der Waals surface area contributed by atoms with E-state index in [0.29, 0.717) is 13.1 Å². The minimum Gasteiger partial charge on any atom is -0.354 e. The average Bonchev–Trinajstić information content (AvgIpc) is 2.53. The topological polar surface area (TPSA) is 71.2 Å². The second-order valence-corrected chi connectivity index (χ2v) is 4.30. The number of nitrogens with zero attached hydrogens (tertiary/aromatic N) is 2. The predicted molar refractivity (Wildman–Crippen MR) is 66.7 cm³/mol. The average molecular weight is 234 g/mol. The lowest BCUT2D eigenvalue weighted by atomic mass is 10.2. The van der Waals surface area contributed by atoms with Gasteiger partial charge in [-0.1, -0.05) is 0 Å². The van der Waals surface area contributed by atoms with E-state index in [1.54, 1.807) is 0 Å². The molecule has 1 aliphatic heterocycles. The Balaban J connectivity index is 2.25. The first-order chi connectivity index (χ1) is 8.19. The lowest BCUT2D eigenvalue weighted by Gasteiger charge is -2.21. The number of nitrogens with one attached hydrogen (secondary N) is 1. The summed E-state index contributed by atoms with van der Waals surface area (Å²) in [7, 11) is 0. The van der Waals surface area contributed by atoms with Gasteiger partial charge >= 0.3 is 0 Å². The molecule has 0 aromatic carbocycles. The van der Waals surface area contributed by atoms with Crippen LogP contribution in [0.5, 0.6) is 0 Å². The third-order valence-electron chi connectivity index (χ3n) is 2.82. The van der Waals surface area contributed by atoms with Gasteiger partial charge in [0.25, 0.3) is 0 Å². The van der Waals surface area contributed by atoms with Gasteiger partial charge < -0.3 is 16.0 Å². The summed E-state index contributed by atoms with van der Waals surface area (Å²) < 4.78 is 0. The summed E-state index contributed by atoms with van der Waals surface area (Å²) in [4.78, 5) is 18.0. The van der Waals surface area contributed by atoms with E-state index in [-0.39, 0.29) is 5.91 Å². The fourth-order valence-electron chi connectivity index (χ4n) is 2.00. The van der Waals surface area contributed by atoms with Crippen LogP contribution in [0.25, 0.3) is 0 Å². The zero-order chi connectivity index (χ0) is 12.3. The number of carbonyl (C=O) groups excluding carboxylic acids is 1. The van der Waals surface area contributed by atoms with E-state index in [1.807, 2.05) is 24.0 Å². The summed E-state index contributed by atoms with van der Waals surface area (Å²) in [5, 5.41) is 2.85. The molecule has 92 valence electrons. The highest BCUT2D eigenvalue weighted by molar-refractivity contribution is 5.81. The van der Waals surface area contributed by atoms with E-state index >= 15 is 0 Å². The van der Waals surface area contributed by atoms with Crippen molar-refractivity contribution in [3.8, 4) is 0 Å². The molecule has 1 amide bonds. The van der Waals surface area contributed by atoms with Gasteiger partial charge in [-0.2, -0.15) is 0 Å². The van der Waals surface area contributed by atoms with E-state index < -0.39 is 0 Å². The molecule has 2 heterocycles. The molecule has 5 nitrogen and oxygen atoms in total. The Hall–Kier alpha value is -1.62. The van der Waals surface area contributed by atoms with Gasteiger partial charge in [-0.25, -0.2) is 4.98 Å². The minimum absolute atomic E-state index is 0.0557. The van der Waals surface area contributed by atoms with Crippen LogP contribution < -0.4 is 16.0 Å². The Labute approximate surface area is 101 Å². The lowest BCUT2D eigenvalue weighted by Crippen LogP contribution is -2.33. The zero-order valence-corrected chi connectivity index (χ0v) is 10.1.